The molecule has 0 spiro atoms. The molecule has 4 N–H and O–H groups in total. The van der Waals surface area contributed by atoms with Crippen LogP contribution in [0.2, 0.25) is 0 Å². The molecule has 1 heterocycles. The molecular formula is C47H46NO7-. The summed E-state index contributed by atoms with van der Waals surface area (Å²) in [6.07, 6.45) is 8.10. The highest BCUT2D eigenvalue weighted by Gasteiger charge is 2.38. The van der Waals surface area contributed by atoms with E-state index in [2.05, 4.69) is 48.3 Å². The molecule has 0 bridgehead atoms. The average molecular weight is 737 g/mol. The maximum absolute atomic E-state index is 14.5. The quantitative estimate of drug-likeness (QED) is 0.0820. The van der Waals surface area contributed by atoms with E-state index in [1.807, 2.05) is 24.3 Å². The molecule has 0 fully saturated rings. The van der Waals surface area contributed by atoms with E-state index in [0.29, 0.717) is 23.5 Å². The first-order chi connectivity index (χ1) is 26.7. The van der Waals surface area contributed by atoms with E-state index in [4.69, 9.17) is 9.47 Å². The third-order valence-corrected chi connectivity index (χ3v) is 11.1. The van der Waals surface area contributed by atoms with Crippen LogP contribution in [-0.2, 0) is 24.1 Å². The van der Waals surface area contributed by atoms with Gasteiger partial charge in [0, 0.05) is 29.7 Å². The van der Waals surface area contributed by atoms with Gasteiger partial charge in [0.25, 0.3) is 0 Å². The molecule has 8 nitrogen and oxygen atoms in total. The van der Waals surface area contributed by atoms with E-state index in [-0.39, 0.29) is 47.7 Å². The maximum Gasteiger partial charge on any atom is 0.164 e. The van der Waals surface area contributed by atoms with E-state index in [9.17, 15) is 25.2 Å². The van der Waals surface area contributed by atoms with E-state index in [1.54, 1.807) is 62.0 Å². The highest BCUT2D eigenvalue weighted by Crippen LogP contribution is 2.51. The van der Waals surface area contributed by atoms with Crippen molar-refractivity contribution in [1.82, 2.24) is 4.98 Å². The highest BCUT2D eigenvalue weighted by atomic mass is 16.5. The van der Waals surface area contributed by atoms with Crippen LogP contribution in [0.3, 0.4) is 0 Å². The van der Waals surface area contributed by atoms with Crippen molar-refractivity contribution in [2.75, 3.05) is 14.2 Å². The summed E-state index contributed by atoms with van der Waals surface area (Å²) in [6.45, 7) is 2.14. The summed E-state index contributed by atoms with van der Waals surface area (Å²) in [7, 11) is 3.03. The molecule has 0 saturated carbocycles. The second kappa shape index (κ2) is 16.2. The number of carbonyl (C=O) groups excluding carboxylic acids is 1. The molecule has 1 aliphatic carbocycles. The zero-order valence-electron chi connectivity index (χ0n) is 31.2. The van der Waals surface area contributed by atoms with Crippen LogP contribution < -0.4 is 14.5 Å². The van der Waals surface area contributed by atoms with Crippen molar-refractivity contribution in [1.29, 1.82) is 0 Å². The standard InChI is InChI=1S/C47H46NO7/c1-4-30-13-14-31-8-5-6-11-34(31)45(30)37-16-15-35(36-17-19-41(51)47(55-3)46(36)37)39(23-29-20-21-48-27-29)43(53)26-42(52)38(32-9-7-10-33(49)25-32)22-28-12-18-40(50)44(24-28)54-2/h5-21,24-25,27,35,37-39,43,49-51,53H,4,22-23,26H2,1-3H3/q-1. The Bertz CT molecular complexity index is 2330. The monoisotopic (exact) mass is 736 g/mol. The molecule has 1 aliphatic rings. The molecule has 55 heavy (non-hydrogen) atoms. The normalized spacial score (nSPS) is 16.7. The Kier molecular flexibility index (Phi) is 11.0. The number of methoxy groups -OCH3 is 2. The van der Waals surface area contributed by atoms with Crippen molar-refractivity contribution in [3.8, 4) is 28.7 Å². The van der Waals surface area contributed by atoms with Gasteiger partial charge in [-0.1, -0.05) is 91.4 Å². The highest BCUT2D eigenvalue weighted by molar-refractivity contribution is 5.89. The third-order valence-electron chi connectivity index (χ3n) is 11.1. The number of hydrogen-bond donors (Lipinski definition) is 4. The second-order valence-corrected chi connectivity index (χ2v) is 14.4. The molecule has 0 saturated heterocycles. The molecule has 5 unspecified atom stereocenters. The lowest BCUT2D eigenvalue weighted by atomic mass is 9.69. The fourth-order valence-corrected chi connectivity index (χ4v) is 8.45. The first-order valence-corrected chi connectivity index (χ1v) is 18.7. The number of aliphatic hydroxyl groups excluding tert-OH is 1. The number of hydrogen-bond acceptors (Lipinski definition) is 7. The number of aromatic hydroxyl groups is 3. The number of ketones is 1. The van der Waals surface area contributed by atoms with Gasteiger partial charge in [0.1, 0.15) is 11.5 Å². The molecule has 1 aromatic heterocycles. The first kappa shape index (κ1) is 37.3. The summed E-state index contributed by atoms with van der Waals surface area (Å²) in [4.78, 5) is 18.8. The number of aliphatic hydroxyl groups is 1. The molecule has 0 radical (unpaired) electrons. The number of benzene rings is 5. The summed E-state index contributed by atoms with van der Waals surface area (Å²) in [6, 6.07) is 29.7. The topological polar surface area (TPSA) is 131 Å². The fourth-order valence-electron chi connectivity index (χ4n) is 8.45. The van der Waals surface area contributed by atoms with E-state index < -0.39 is 17.9 Å². The largest absolute Gasteiger partial charge is 0.670 e. The summed E-state index contributed by atoms with van der Waals surface area (Å²) in [5, 5.41) is 46.4. The van der Waals surface area contributed by atoms with Crippen LogP contribution in [0.25, 0.3) is 10.8 Å². The number of aromatic nitrogens is 1. The minimum Gasteiger partial charge on any atom is -0.670 e. The van der Waals surface area contributed by atoms with Crippen LogP contribution in [0.15, 0.2) is 122 Å². The minimum atomic E-state index is -1.08. The Morgan fingerprint density at radius 3 is 2.36 bits per heavy atom. The lowest BCUT2D eigenvalue weighted by Gasteiger charge is -2.36. The van der Waals surface area contributed by atoms with Crippen LogP contribution in [0.4, 0.5) is 0 Å². The molecule has 5 aromatic carbocycles. The molecule has 282 valence electrons. The number of ether oxygens (including phenoxy) is 2. The van der Waals surface area contributed by atoms with E-state index >= 15 is 0 Å². The Balaban J connectivity index is 1.29. The predicted molar refractivity (Wildman–Crippen MR) is 214 cm³/mol. The summed E-state index contributed by atoms with van der Waals surface area (Å²) in [5.74, 6) is -1.21. The molecule has 8 heteroatoms. The van der Waals surface area contributed by atoms with Crippen LogP contribution in [0.1, 0.15) is 70.0 Å². The van der Waals surface area contributed by atoms with Crippen molar-refractivity contribution >= 4 is 16.6 Å². The molecule has 6 aromatic rings. The van der Waals surface area contributed by atoms with Crippen molar-refractivity contribution in [3.05, 3.63) is 161 Å². The maximum atomic E-state index is 14.5. The van der Waals surface area contributed by atoms with Gasteiger partial charge in [-0.05, 0) is 94.1 Å². The number of nitrogens with zero attached hydrogens (tertiary/aromatic N) is 1. The smallest absolute Gasteiger partial charge is 0.164 e. The number of aryl methyl sites for hydroxylation is 1. The lowest BCUT2D eigenvalue weighted by Crippen LogP contribution is -2.33. The van der Waals surface area contributed by atoms with Gasteiger partial charge in [-0.25, -0.2) is 0 Å². The van der Waals surface area contributed by atoms with Gasteiger partial charge in [-0.15, -0.1) is 0 Å². The lowest BCUT2D eigenvalue weighted by molar-refractivity contribution is -0.123. The molecule has 7 rings (SSSR count). The van der Waals surface area contributed by atoms with Gasteiger partial charge in [-0.2, -0.15) is 12.4 Å². The van der Waals surface area contributed by atoms with E-state index in [1.165, 1.54) is 18.7 Å². The number of rotatable bonds is 14. The number of fused-ring (bicyclic) bond motifs is 2. The van der Waals surface area contributed by atoms with Crippen LogP contribution >= 0.6 is 0 Å². The molecule has 0 amide bonds. The fraction of sp³-hybridized carbons (Fsp3) is 0.255. The number of carbonyl (C=O) groups is 1. The number of phenolic OH excluding ortho intramolecular Hbond substituents is 3. The summed E-state index contributed by atoms with van der Waals surface area (Å²) in [5.41, 5.74) is 6.39. The Morgan fingerprint density at radius 1 is 0.800 bits per heavy atom. The molecule has 5 atom stereocenters. The van der Waals surface area contributed by atoms with Crippen molar-refractivity contribution < 1.29 is 34.7 Å². The van der Waals surface area contributed by atoms with Gasteiger partial charge < -0.3 is 34.9 Å². The minimum absolute atomic E-state index is 0.00822. The van der Waals surface area contributed by atoms with Gasteiger partial charge in [0.15, 0.2) is 23.0 Å². The SMILES string of the molecule is CCc1ccc2ccccc2c1C1C=CC(C(Cc2cc[n-]c2)C(O)CC(=O)C(Cc2ccc(O)c(OC)c2)c2cccc(O)c2)c2ccc(O)c(OC)c21. The average Bonchev–Trinajstić information content (AvgIpc) is 3.72. The van der Waals surface area contributed by atoms with Crippen molar-refractivity contribution in [2.24, 2.45) is 5.92 Å². The summed E-state index contributed by atoms with van der Waals surface area (Å²) >= 11 is 0. The van der Waals surface area contributed by atoms with E-state index in [0.717, 1.165) is 45.0 Å². The molecule has 0 aliphatic heterocycles. The van der Waals surface area contributed by atoms with Crippen LogP contribution in [-0.4, -0.2) is 46.5 Å². The molecular weight excluding hydrogens is 691 g/mol. The first-order valence-electron chi connectivity index (χ1n) is 18.7. The van der Waals surface area contributed by atoms with Crippen LogP contribution in [0.5, 0.6) is 28.7 Å². The van der Waals surface area contributed by atoms with Crippen LogP contribution in [0, 0.1) is 5.92 Å². The zero-order valence-corrected chi connectivity index (χ0v) is 31.2. The summed E-state index contributed by atoms with van der Waals surface area (Å²) < 4.78 is 11.3. The number of allylic oxidation sites excluding steroid dienone is 2. The Morgan fingerprint density at radius 2 is 1.62 bits per heavy atom. The zero-order chi connectivity index (χ0) is 38.6. The van der Waals surface area contributed by atoms with Gasteiger partial charge in [0.2, 0.25) is 0 Å². The van der Waals surface area contributed by atoms with Gasteiger partial charge >= 0.3 is 0 Å². The Hall–Kier alpha value is -5.99. The predicted octanol–water partition coefficient (Wildman–Crippen LogP) is 8.48. The second-order valence-electron chi connectivity index (χ2n) is 14.4. The van der Waals surface area contributed by atoms with Crippen molar-refractivity contribution in [2.45, 2.75) is 56.5 Å². The Labute approximate surface area is 321 Å². The third kappa shape index (κ3) is 7.55. The van der Waals surface area contributed by atoms with Gasteiger partial charge in [0.05, 0.1) is 20.3 Å². The van der Waals surface area contributed by atoms with Gasteiger partial charge in [-0.3, -0.25) is 4.79 Å². The number of Topliss-reactive ketones (excluding diaryl/α,β-unsaturated/α-hetero) is 1. The van der Waals surface area contributed by atoms with Crippen molar-refractivity contribution in [3.63, 3.8) is 0 Å². The number of phenols is 3.